The van der Waals surface area contributed by atoms with Crippen molar-refractivity contribution in [3.05, 3.63) is 29.6 Å². The van der Waals surface area contributed by atoms with Crippen molar-refractivity contribution in [1.29, 1.82) is 5.26 Å². The van der Waals surface area contributed by atoms with E-state index in [9.17, 15) is 0 Å². The van der Waals surface area contributed by atoms with E-state index in [0.29, 0.717) is 5.56 Å². The molecule has 0 saturated carbocycles. The molecule has 1 aliphatic heterocycles. The van der Waals surface area contributed by atoms with Crippen LogP contribution in [0.4, 0.5) is 0 Å². The lowest BCUT2D eigenvalue weighted by Crippen LogP contribution is -2.38. The zero-order valence-electron chi connectivity index (χ0n) is 8.53. The maximum Gasteiger partial charge on any atom is 0.101 e. The Labute approximate surface area is 104 Å². The molecule has 2 atom stereocenters. The number of alkyl halides is 2. The summed E-state index contributed by atoms with van der Waals surface area (Å²) < 4.78 is 0. The van der Waals surface area contributed by atoms with E-state index in [1.54, 1.807) is 12.4 Å². The SMILES string of the molecule is N#Cc1cnccc1C1CC(Cl)NC(Cl)C1. The fourth-order valence-corrected chi connectivity index (χ4v) is 2.84. The van der Waals surface area contributed by atoms with Gasteiger partial charge >= 0.3 is 0 Å². The summed E-state index contributed by atoms with van der Waals surface area (Å²) in [4.78, 5) is 3.94. The number of rotatable bonds is 1. The smallest absolute Gasteiger partial charge is 0.101 e. The number of halogens is 2. The molecular formula is C11H11Cl2N3. The summed E-state index contributed by atoms with van der Waals surface area (Å²) in [7, 11) is 0. The van der Waals surface area contributed by atoms with Crippen LogP contribution in [0, 0.1) is 11.3 Å². The molecule has 0 amide bonds. The van der Waals surface area contributed by atoms with Crippen LogP contribution in [-0.2, 0) is 0 Å². The predicted octanol–water partition coefficient (Wildman–Crippen LogP) is 2.55. The molecule has 3 nitrogen and oxygen atoms in total. The molecular weight excluding hydrogens is 245 g/mol. The third-order valence-corrected chi connectivity index (χ3v) is 3.37. The van der Waals surface area contributed by atoms with Crippen molar-refractivity contribution in [3.63, 3.8) is 0 Å². The highest BCUT2D eigenvalue weighted by molar-refractivity contribution is 6.23. The van der Waals surface area contributed by atoms with Gasteiger partial charge in [-0.1, -0.05) is 0 Å². The molecule has 0 aromatic carbocycles. The minimum atomic E-state index is -0.138. The molecule has 2 rings (SSSR count). The molecule has 0 spiro atoms. The van der Waals surface area contributed by atoms with E-state index < -0.39 is 0 Å². The Morgan fingerprint density at radius 2 is 2.06 bits per heavy atom. The van der Waals surface area contributed by atoms with Crippen molar-refractivity contribution < 1.29 is 0 Å². The molecule has 1 fully saturated rings. The number of nitrogens with zero attached hydrogens (tertiary/aromatic N) is 2. The van der Waals surface area contributed by atoms with Crippen LogP contribution in [0.25, 0.3) is 0 Å². The maximum atomic E-state index is 9.01. The van der Waals surface area contributed by atoms with Crippen LogP contribution in [0.5, 0.6) is 0 Å². The standard InChI is InChI=1S/C11H11Cl2N3/c12-10-3-7(4-11(13)16-10)9-1-2-15-6-8(9)5-14/h1-2,6-7,10-11,16H,3-4H2. The van der Waals surface area contributed by atoms with Crippen molar-refractivity contribution in [1.82, 2.24) is 10.3 Å². The van der Waals surface area contributed by atoms with Gasteiger partial charge in [0.15, 0.2) is 0 Å². The summed E-state index contributed by atoms with van der Waals surface area (Å²) in [6.07, 6.45) is 4.85. The average molecular weight is 256 g/mol. The summed E-state index contributed by atoms with van der Waals surface area (Å²) in [5, 5.41) is 12.1. The molecule has 1 aliphatic rings. The fourth-order valence-electron chi connectivity index (χ4n) is 2.04. The van der Waals surface area contributed by atoms with Crippen LogP contribution in [0.15, 0.2) is 18.5 Å². The Morgan fingerprint density at radius 1 is 1.38 bits per heavy atom. The van der Waals surface area contributed by atoms with Gasteiger partial charge in [-0.05, 0) is 30.4 Å². The van der Waals surface area contributed by atoms with Gasteiger partial charge in [0.2, 0.25) is 0 Å². The summed E-state index contributed by atoms with van der Waals surface area (Å²) in [6.45, 7) is 0. The lowest BCUT2D eigenvalue weighted by molar-refractivity contribution is 0.404. The third-order valence-electron chi connectivity index (χ3n) is 2.76. The van der Waals surface area contributed by atoms with Crippen molar-refractivity contribution in [2.24, 2.45) is 0 Å². The number of piperidine rings is 1. The first kappa shape index (κ1) is 11.7. The van der Waals surface area contributed by atoms with Crippen molar-refractivity contribution in [2.45, 2.75) is 29.8 Å². The first-order valence-electron chi connectivity index (χ1n) is 5.09. The molecule has 1 saturated heterocycles. The van der Waals surface area contributed by atoms with Gasteiger partial charge in [0.05, 0.1) is 16.6 Å². The summed E-state index contributed by atoms with van der Waals surface area (Å²) in [5.41, 5.74) is 1.33. The molecule has 16 heavy (non-hydrogen) atoms. The number of aromatic nitrogens is 1. The lowest BCUT2D eigenvalue weighted by atomic mass is 9.88. The van der Waals surface area contributed by atoms with Gasteiger partial charge < -0.3 is 0 Å². The average Bonchev–Trinajstić information content (AvgIpc) is 2.27. The second-order valence-corrected chi connectivity index (χ2v) is 4.90. The van der Waals surface area contributed by atoms with Crippen LogP contribution >= 0.6 is 23.2 Å². The second-order valence-electron chi connectivity index (χ2n) is 3.84. The first-order chi connectivity index (χ1) is 7.70. The molecule has 1 aromatic rings. The van der Waals surface area contributed by atoms with Crippen LogP contribution < -0.4 is 5.32 Å². The van der Waals surface area contributed by atoms with E-state index in [2.05, 4.69) is 16.4 Å². The highest BCUT2D eigenvalue weighted by Gasteiger charge is 2.28. The number of hydrogen-bond acceptors (Lipinski definition) is 3. The Hall–Kier alpha value is -0.820. The van der Waals surface area contributed by atoms with Gasteiger partial charge in [0.1, 0.15) is 6.07 Å². The monoisotopic (exact) mass is 255 g/mol. The largest absolute Gasteiger partial charge is 0.285 e. The van der Waals surface area contributed by atoms with Crippen LogP contribution in [0.3, 0.4) is 0 Å². The van der Waals surface area contributed by atoms with Crippen LogP contribution in [0.1, 0.15) is 29.9 Å². The van der Waals surface area contributed by atoms with Gasteiger partial charge in [-0.25, -0.2) is 0 Å². The van der Waals surface area contributed by atoms with E-state index in [-0.39, 0.29) is 16.9 Å². The molecule has 5 heteroatoms. The van der Waals surface area contributed by atoms with Crippen LogP contribution in [-0.4, -0.2) is 16.0 Å². The van der Waals surface area contributed by atoms with E-state index in [1.165, 1.54) is 0 Å². The van der Waals surface area contributed by atoms with Gasteiger partial charge in [-0.3, -0.25) is 10.3 Å². The highest BCUT2D eigenvalue weighted by atomic mass is 35.5. The topological polar surface area (TPSA) is 48.7 Å². The fraction of sp³-hybridized carbons (Fsp3) is 0.455. The third kappa shape index (κ3) is 2.46. The minimum Gasteiger partial charge on any atom is -0.285 e. The summed E-state index contributed by atoms with van der Waals surface area (Å²) in [5.74, 6) is 0.226. The van der Waals surface area contributed by atoms with Gasteiger partial charge in [-0.15, -0.1) is 23.2 Å². The van der Waals surface area contributed by atoms with Crippen molar-refractivity contribution in [3.8, 4) is 6.07 Å². The predicted molar refractivity (Wildman–Crippen MR) is 63.3 cm³/mol. The summed E-state index contributed by atoms with van der Waals surface area (Å²) >= 11 is 12.1. The molecule has 2 unspecified atom stereocenters. The second kappa shape index (κ2) is 5.01. The maximum absolute atomic E-state index is 9.01. The Bertz CT molecular complexity index is 406. The first-order valence-corrected chi connectivity index (χ1v) is 5.96. The molecule has 0 radical (unpaired) electrons. The van der Waals surface area contributed by atoms with Gasteiger partial charge in [-0.2, -0.15) is 5.26 Å². The zero-order chi connectivity index (χ0) is 11.5. The molecule has 0 aliphatic carbocycles. The van der Waals surface area contributed by atoms with Crippen LogP contribution in [0.2, 0.25) is 0 Å². The minimum absolute atomic E-state index is 0.138. The van der Waals surface area contributed by atoms with Crippen molar-refractivity contribution in [2.75, 3.05) is 0 Å². The quantitative estimate of drug-likeness (QED) is 0.620. The molecule has 1 aromatic heterocycles. The summed E-state index contributed by atoms with van der Waals surface area (Å²) in [6, 6.07) is 4.03. The van der Waals surface area contributed by atoms with E-state index in [1.807, 2.05) is 6.07 Å². The number of nitrogens with one attached hydrogen (secondary N) is 1. The van der Waals surface area contributed by atoms with E-state index in [4.69, 9.17) is 28.5 Å². The lowest BCUT2D eigenvalue weighted by Gasteiger charge is -2.30. The Balaban J connectivity index is 2.26. The normalized spacial score (nSPS) is 29.7. The number of nitriles is 1. The number of hydrogen-bond donors (Lipinski definition) is 1. The molecule has 84 valence electrons. The van der Waals surface area contributed by atoms with Gasteiger partial charge in [0.25, 0.3) is 0 Å². The van der Waals surface area contributed by atoms with Crippen molar-refractivity contribution >= 4 is 23.2 Å². The van der Waals surface area contributed by atoms with E-state index in [0.717, 1.165) is 18.4 Å². The Morgan fingerprint density at radius 3 is 2.69 bits per heavy atom. The zero-order valence-corrected chi connectivity index (χ0v) is 10.0. The molecule has 0 bridgehead atoms. The number of pyridine rings is 1. The molecule has 2 heterocycles. The highest BCUT2D eigenvalue weighted by Crippen LogP contribution is 2.33. The Kier molecular flexibility index (Phi) is 3.65. The van der Waals surface area contributed by atoms with E-state index >= 15 is 0 Å². The molecule has 1 N–H and O–H groups in total. The van der Waals surface area contributed by atoms with Gasteiger partial charge in [0, 0.05) is 12.4 Å².